The molecule has 4 rings (SSSR count). The Balaban J connectivity index is 1.28. The second-order valence-electron chi connectivity index (χ2n) is 8.74. The van der Waals surface area contributed by atoms with Gasteiger partial charge in [0.1, 0.15) is 5.60 Å². The lowest BCUT2D eigenvalue weighted by Crippen LogP contribution is -2.50. The Hall–Kier alpha value is -2.93. The van der Waals surface area contributed by atoms with Gasteiger partial charge in [-0.3, -0.25) is 9.78 Å². The molecule has 1 aromatic carbocycles. The number of hydrogen-bond acceptors (Lipinski definition) is 4. The normalized spacial score (nSPS) is 19.5. The summed E-state index contributed by atoms with van der Waals surface area (Å²) < 4.78 is 0. The zero-order valence-electron chi connectivity index (χ0n) is 17.4. The molecule has 1 aromatic heterocycles. The number of nitrogens with one attached hydrogen (secondary N) is 1. The monoisotopic (exact) mass is 408 g/mol. The third-order valence-corrected chi connectivity index (χ3v) is 5.96. The number of carbonyl (C=O) groups is 2. The molecule has 3 amide bonds. The first-order valence-corrected chi connectivity index (χ1v) is 10.4. The third kappa shape index (κ3) is 4.31. The predicted octanol–water partition coefficient (Wildman–Crippen LogP) is 2.80. The second-order valence-corrected chi connectivity index (χ2v) is 8.74. The molecule has 2 aromatic rings. The highest BCUT2D eigenvalue weighted by molar-refractivity contribution is 5.90. The molecule has 7 nitrogen and oxygen atoms in total. The summed E-state index contributed by atoms with van der Waals surface area (Å²) in [4.78, 5) is 32.4. The number of anilines is 1. The molecule has 30 heavy (non-hydrogen) atoms. The van der Waals surface area contributed by atoms with Crippen molar-refractivity contribution in [3.63, 3.8) is 0 Å². The van der Waals surface area contributed by atoms with E-state index < -0.39 is 5.60 Å². The van der Waals surface area contributed by atoms with Crippen LogP contribution >= 0.6 is 0 Å². The van der Waals surface area contributed by atoms with E-state index in [1.807, 2.05) is 42.6 Å². The Labute approximate surface area is 176 Å². The first kappa shape index (κ1) is 20.3. The predicted molar refractivity (Wildman–Crippen MR) is 114 cm³/mol. The van der Waals surface area contributed by atoms with E-state index in [1.165, 1.54) is 19.4 Å². The SMILES string of the molecule is CC(C)(O)C(=O)N1CCC(c2ccc(NC(=O)N3CC(c4cccnc4)C3)cc2)C1. The van der Waals surface area contributed by atoms with Gasteiger partial charge < -0.3 is 20.2 Å². The zero-order chi connectivity index (χ0) is 21.3. The lowest BCUT2D eigenvalue weighted by atomic mass is 9.93. The molecular formula is C23H28N4O3. The summed E-state index contributed by atoms with van der Waals surface area (Å²) in [5.41, 5.74) is 1.73. The number of aliphatic hydroxyl groups is 1. The van der Waals surface area contributed by atoms with Gasteiger partial charge in [-0.2, -0.15) is 0 Å². The van der Waals surface area contributed by atoms with Crippen LogP contribution in [0.1, 0.15) is 43.2 Å². The Bertz CT molecular complexity index is 902. The number of hydrogen-bond donors (Lipinski definition) is 2. The average Bonchev–Trinajstić information content (AvgIpc) is 3.17. The van der Waals surface area contributed by atoms with Crippen LogP contribution in [0.3, 0.4) is 0 Å². The van der Waals surface area contributed by atoms with Crippen molar-refractivity contribution in [1.82, 2.24) is 14.8 Å². The van der Waals surface area contributed by atoms with Crippen LogP contribution in [-0.2, 0) is 4.79 Å². The van der Waals surface area contributed by atoms with Gasteiger partial charge in [0.05, 0.1) is 0 Å². The van der Waals surface area contributed by atoms with Crippen molar-refractivity contribution < 1.29 is 14.7 Å². The summed E-state index contributed by atoms with van der Waals surface area (Å²) in [7, 11) is 0. The fourth-order valence-corrected chi connectivity index (χ4v) is 4.12. The Morgan fingerprint density at radius 3 is 2.37 bits per heavy atom. The van der Waals surface area contributed by atoms with Crippen LogP contribution in [0.25, 0.3) is 0 Å². The van der Waals surface area contributed by atoms with Crippen molar-refractivity contribution in [1.29, 1.82) is 0 Å². The standard InChI is InChI=1S/C23H28N4O3/c1-23(2,30)21(28)26-11-9-18(13-26)16-5-7-20(8-6-16)25-22(29)27-14-19(15-27)17-4-3-10-24-12-17/h3-8,10,12,18-19,30H,9,11,13-15H2,1-2H3,(H,25,29). The topological polar surface area (TPSA) is 85.8 Å². The van der Waals surface area contributed by atoms with Crippen LogP contribution in [-0.4, -0.2) is 63.6 Å². The maximum Gasteiger partial charge on any atom is 0.321 e. The fourth-order valence-electron chi connectivity index (χ4n) is 4.12. The number of amides is 3. The van der Waals surface area contributed by atoms with E-state index in [0.29, 0.717) is 32.1 Å². The molecule has 2 saturated heterocycles. The summed E-state index contributed by atoms with van der Waals surface area (Å²) in [5.74, 6) is 0.369. The van der Waals surface area contributed by atoms with Crippen LogP contribution in [0.15, 0.2) is 48.8 Å². The maximum absolute atomic E-state index is 12.5. The third-order valence-electron chi connectivity index (χ3n) is 5.96. The molecule has 158 valence electrons. The summed E-state index contributed by atoms with van der Waals surface area (Å²) >= 11 is 0. The van der Waals surface area contributed by atoms with Crippen molar-refractivity contribution in [2.75, 3.05) is 31.5 Å². The number of likely N-dealkylation sites (tertiary alicyclic amines) is 2. The van der Waals surface area contributed by atoms with Gasteiger partial charge in [-0.15, -0.1) is 0 Å². The summed E-state index contributed by atoms with van der Waals surface area (Å²) in [5, 5.41) is 12.9. The van der Waals surface area contributed by atoms with Gasteiger partial charge in [0.15, 0.2) is 0 Å². The number of nitrogens with zero attached hydrogens (tertiary/aromatic N) is 3. The molecule has 0 saturated carbocycles. The molecule has 2 fully saturated rings. The van der Waals surface area contributed by atoms with Crippen molar-refractivity contribution >= 4 is 17.6 Å². The molecule has 2 aliphatic rings. The van der Waals surface area contributed by atoms with Crippen molar-refractivity contribution in [3.8, 4) is 0 Å². The first-order valence-electron chi connectivity index (χ1n) is 10.4. The van der Waals surface area contributed by atoms with E-state index in [2.05, 4.69) is 10.3 Å². The van der Waals surface area contributed by atoms with Crippen LogP contribution < -0.4 is 5.32 Å². The lowest BCUT2D eigenvalue weighted by molar-refractivity contribution is -0.146. The minimum absolute atomic E-state index is 0.0919. The molecule has 1 unspecified atom stereocenters. The minimum atomic E-state index is -1.34. The van der Waals surface area contributed by atoms with Gasteiger partial charge in [-0.25, -0.2) is 4.79 Å². The number of carbonyl (C=O) groups excluding carboxylic acids is 2. The van der Waals surface area contributed by atoms with Crippen molar-refractivity contribution in [2.24, 2.45) is 0 Å². The van der Waals surface area contributed by atoms with E-state index in [9.17, 15) is 14.7 Å². The highest BCUT2D eigenvalue weighted by Gasteiger charge is 2.35. The number of pyridine rings is 1. The van der Waals surface area contributed by atoms with Gasteiger partial charge in [-0.1, -0.05) is 18.2 Å². The maximum atomic E-state index is 12.5. The van der Waals surface area contributed by atoms with E-state index in [4.69, 9.17) is 0 Å². The Morgan fingerprint density at radius 2 is 1.73 bits per heavy atom. The minimum Gasteiger partial charge on any atom is -0.381 e. The molecule has 0 aliphatic carbocycles. The van der Waals surface area contributed by atoms with E-state index in [1.54, 1.807) is 16.0 Å². The molecule has 2 N–H and O–H groups in total. The summed E-state index contributed by atoms with van der Waals surface area (Å²) in [6.45, 7) is 5.71. The van der Waals surface area contributed by atoms with Gasteiger partial charge in [-0.05, 0) is 49.6 Å². The molecular weight excluding hydrogens is 380 g/mol. The van der Waals surface area contributed by atoms with Crippen LogP contribution in [0.5, 0.6) is 0 Å². The summed E-state index contributed by atoms with van der Waals surface area (Å²) in [6, 6.07) is 11.7. The lowest BCUT2D eigenvalue weighted by Gasteiger charge is -2.39. The quantitative estimate of drug-likeness (QED) is 0.815. The van der Waals surface area contributed by atoms with Gasteiger partial charge in [0.25, 0.3) is 5.91 Å². The Morgan fingerprint density at radius 1 is 1.03 bits per heavy atom. The van der Waals surface area contributed by atoms with E-state index in [0.717, 1.165) is 17.7 Å². The van der Waals surface area contributed by atoms with Crippen LogP contribution in [0, 0.1) is 0 Å². The molecule has 1 atom stereocenters. The molecule has 3 heterocycles. The van der Waals surface area contributed by atoms with Gasteiger partial charge >= 0.3 is 6.03 Å². The largest absolute Gasteiger partial charge is 0.381 e. The zero-order valence-corrected chi connectivity index (χ0v) is 17.4. The Kier molecular flexibility index (Phi) is 5.47. The molecule has 0 spiro atoms. The fraction of sp³-hybridized carbons (Fsp3) is 0.435. The first-order chi connectivity index (χ1) is 14.3. The van der Waals surface area contributed by atoms with E-state index >= 15 is 0 Å². The number of aromatic nitrogens is 1. The number of urea groups is 1. The van der Waals surface area contributed by atoms with Crippen molar-refractivity contribution in [3.05, 3.63) is 59.9 Å². The van der Waals surface area contributed by atoms with Gasteiger partial charge in [0.2, 0.25) is 0 Å². The van der Waals surface area contributed by atoms with Gasteiger partial charge in [0, 0.05) is 56.1 Å². The smallest absolute Gasteiger partial charge is 0.321 e. The van der Waals surface area contributed by atoms with Crippen LogP contribution in [0.4, 0.5) is 10.5 Å². The molecule has 7 heteroatoms. The molecule has 2 aliphatic heterocycles. The highest BCUT2D eigenvalue weighted by atomic mass is 16.3. The number of rotatable bonds is 4. The summed E-state index contributed by atoms with van der Waals surface area (Å²) in [6.07, 6.45) is 4.49. The second kappa shape index (κ2) is 8.07. The van der Waals surface area contributed by atoms with Crippen LogP contribution in [0.2, 0.25) is 0 Å². The average molecular weight is 409 g/mol. The molecule has 0 radical (unpaired) electrons. The van der Waals surface area contributed by atoms with Crippen molar-refractivity contribution in [2.45, 2.75) is 37.7 Å². The molecule has 0 bridgehead atoms. The highest BCUT2D eigenvalue weighted by Crippen LogP contribution is 2.30. The van der Waals surface area contributed by atoms with E-state index in [-0.39, 0.29) is 17.9 Å². The number of benzene rings is 1.